The Kier molecular flexibility index (Phi) is 7.10. The maximum atomic E-state index is 2.50. The molecule has 0 amide bonds. The van der Waals surface area contributed by atoms with Gasteiger partial charge in [0, 0.05) is 0 Å². The molecular weight excluding hydrogens is 252 g/mol. The maximum Gasteiger partial charge on any atom is -0.0352 e. The van der Waals surface area contributed by atoms with Gasteiger partial charge < -0.3 is 0 Å². The monoisotopic (exact) mass is 292 g/mol. The Labute approximate surface area is 134 Å². The Morgan fingerprint density at radius 1 is 0.857 bits per heavy atom. The van der Waals surface area contributed by atoms with Gasteiger partial charge in [-0.25, -0.2) is 0 Å². The van der Waals surface area contributed by atoms with Gasteiger partial charge in [0.25, 0.3) is 0 Å². The third-order valence-corrected chi connectivity index (χ3v) is 6.84. The van der Waals surface area contributed by atoms with Crippen molar-refractivity contribution in [3.05, 3.63) is 0 Å². The molecule has 0 saturated heterocycles. The Morgan fingerprint density at radius 2 is 1.67 bits per heavy atom. The Bertz CT molecular complexity index is 280. The molecular formula is C21H40. The highest BCUT2D eigenvalue weighted by molar-refractivity contribution is 4.92. The summed E-state index contributed by atoms with van der Waals surface area (Å²) >= 11 is 0. The van der Waals surface area contributed by atoms with Gasteiger partial charge in [-0.15, -0.1) is 0 Å². The summed E-state index contributed by atoms with van der Waals surface area (Å²) in [6, 6.07) is 0. The fourth-order valence-corrected chi connectivity index (χ4v) is 5.28. The highest BCUT2D eigenvalue weighted by Gasteiger charge is 2.42. The summed E-state index contributed by atoms with van der Waals surface area (Å²) in [4.78, 5) is 0. The van der Waals surface area contributed by atoms with E-state index in [9.17, 15) is 0 Å². The summed E-state index contributed by atoms with van der Waals surface area (Å²) in [5, 5.41) is 0. The lowest BCUT2D eigenvalue weighted by atomic mass is 9.61. The quantitative estimate of drug-likeness (QED) is 0.398. The van der Waals surface area contributed by atoms with Crippen LogP contribution in [0.2, 0.25) is 0 Å². The number of rotatable bonds is 9. The zero-order chi connectivity index (χ0) is 15.2. The fourth-order valence-electron chi connectivity index (χ4n) is 5.28. The molecule has 0 radical (unpaired) electrons. The molecule has 0 nitrogen and oxygen atoms in total. The van der Waals surface area contributed by atoms with E-state index in [-0.39, 0.29) is 0 Å². The lowest BCUT2D eigenvalue weighted by Crippen LogP contribution is -2.35. The third-order valence-electron chi connectivity index (χ3n) is 6.84. The van der Waals surface area contributed by atoms with Crippen LogP contribution in [0.4, 0.5) is 0 Å². The second kappa shape index (κ2) is 8.59. The second-order valence-electron chi connectivity index (χ2n) is 8.68. The van der Waals surface area contributed by atoms with E-state index in [4.69, 9.17) is 0 Å². The third kappa shape index (κ3) is 4.73. The van der Waals surface area contributed by atoms with Crippen LogP contribution in [-0.4, -0.2) is 0 Å². The standard InChI is InChI=1S/C21H40/c1-5-6-7-9-17(4)12-13-18-14-15-20(18)21-11-8-10-19(21)16(2)3/h16-21H,5-15H2,1-4H3. The summed E-state index contributed by atoms with van der Waals surface area (Å²) in [5.41, 5.74) is 0. The highest BCUT2D eigenvalue weighted by atomic mass is 14.5. The van der Waals surface area contributed by atoms with Crippen molar-refractivity contribution in [2.75, 3.05) is 0 Å². The molecule has 0 spiro atoms. The van der Waals surface area contributed by atoms with E-state index < -0.39 is 0 Å². The van der Waals surface area contributed by atoms with Gasteiger partial charge in [-0.3, -0.25) is 0 Å². The maximum absolute atomic E-state index is 2.50. The molecule has 0 aromatic rings. The molecule has 0 heterocycles. The van der Waals surface area contributed by atoms with Gasteiger partial charge in [0.1, 0.15) is 0 Å². The molecule has 0 aromatic carbocycles. The molecule has 2 aliphatic carbocycles. The summed E-state index contributed by atoms with van der Waals surface area (Å²) in [6.07, 6.45) is 16.5. The molecule has 0 aliphatic heterocycles. The minimum atomic E-state index is 0.923. The van der Waals surface area contributed by atoms with Crippen molar-refractivity contribution in [1.82, 2.24) is 0 Å². The van der Waals surface area contributed by atoms with E-state index in [2.05, 4.69) is 27.7 Å². The van der Waals surface area contributed by atoms with E-state index in [1.165, 1.54) is 44.9 Å². The van der Waals surface area contributed by atoms with Gasteiger partial charge in [-0.1, -0.05) is 66.2 Å². The van der Waals surface area contributed by atoms with Gasteiger partial charge in [0.15, 0.2) is 0 Å². The largest absolute Gasteiger partial charge is 0.0654 e. The first-order valence-corrected chi connectivity index (χ1v) is 10.1. The van der Waals surface area contributed by atoms with Crippen molar-refractivity contribution in [2.45, 2.75) is 98.3 Å². The minimum absolute atomic E-state index is 0.923. The summed E-state index contributed by atoms with van der Waals surface area (Å²) in [6.45, 7) is 9.74. The van der Waals surface area contributed by atoms with Gasteiger partial charge in [-0.05, 0) is 67.6 Å². The Balaban J connectivity index is 1.70. The fraction of sp³-hybridized carbons (Fsp3) is 1.00. The van der Waals surface area contributed by atoms with Crippen LogP contribution in [0.5, 0.6) is 0 Å². The normalized spacial score (nSPS) is 34.1. The van der Waals surface area contributed by atoms with Crippen LogP contribution >= 0.6 is 0 Å². The van der Waals surface area contributed by atoms with Crippen LogP contribution < -0.4 is 0 Å². The second-order valence-corrected chi connectivity index (χ2v) is 8.68. The first-order valence-electron chi connectivity index (χ1n) is 10.1. The van der Waals surface area contributed by atoms with E-state index >= 15 is 0 Å². The van der Waals surface area contributed by atoms with Crippen molar-refractivity contribution < 1.29 is 0 Å². The van der Waals surface area contributed by atoms with E-state index in [1.807, 2.05) is 0 Å². The Hall–Kier alpha value is 0. The number of hydrogen-bond donors (Lipinski definition) is 0. The summed E-state index contributed by atoms with van der Waals surface area (Å²) < 4.78 is 0. The molecule has 124 valence electrons. The zero-order valence-electron chi connectivity index (χ0n) is 15.2. The molecule has 0 N–H and O–H groups in total. The average Bonchev–Trinajstić information content (AvgIpc) is 2.87. The van der Waals surface area contributed by atoms with Crippen molar-refractivity contribution in [2.24, 2.45) is 35.5 Å². The predicted molar refractivity (Wildman–Crippen MR) is 94.4 cm³/mol. The first-order chi connectivity index (χ1) is 10.1. The summed E-state index contributed by atoms with van der Waals surface area (Å²) in [5.74, 6) is 6.26. The van der Waals surface area contributed by atoms with Crippen LogP contribution in [0, 0.1) is 35.5 Å². The minimum Gasteiger partial charge on any atom is -0.0654 e. The molecule has 0 heteroatoms. The average molecular weight is 293 g/mol. The van der Waals surface area contributed by atoms with E-state index in [1.54, 1.807) is 25.7 Å². The Morgan fingerprint density at radius 3 is 2.29 bits per heavy atom. The first kappa shape index (κ1) is 17.4. The molecule has 2 fully saturated rings. The molecule has 5 atom stereocenters. The van der Waals surface area contributed by atoms with E-state index in [0.29, 0.717) is 0 Å². The van der Waals surface area contributed by atoms with Gasteiger partial charge in [-0.2, -0.15) is 0 Å². The van der Waals surface area contributed by atoms with Crippen LogP contribution in [0.15, 0.2) is 0 Å². The van der Waals surface area contributed by atoms with Gasteiger partial charge >= 0.3 is 0 Å². The van der Waals surface area contributed by atoms with E-state index in [0.717, 1.165) is 35.5 Å². The molecule has 2 saturated carbocycles. The highest BCUT2D eigenvalue weighted by Crippen LogP contribution is 2.52. The topological polar surface area (TPSA) is 0 Å². The molecule has 21 heavy (non-hydrogen) atoms. The van der Waals surface area contributed by atoms with Gasteiger partial charge in [0.05, 0.1) is 0 Å². The molecule has 2 aliphatic rings. The molecule has 0 bridgehead atoms. The molecule has 2 rings (SSSR count). The van der Waals surface area contributed by atoms with Crippen LogP contribution in [-0.2, 0) is 0 Å². The van der Waals surface area contributed by atoms with Crippen LogP contribution in [0.1, 0.15) is 98.3 Å². The number of hydrogen-bond acceptors (Lipinski definition) is 0. The summed E-state index contributed by atoms with van der Waals surface area (Å²) in [7, 11) is 0. The SMILES string of the molecule is CCCCCC(C)CCC1CCC1C1CCCC1C(C)C. The van der Waals surface area contributed by atoms with Crippen LogP contribution in [0.3, 0.4) is 0 Å². The van der Waals surface area contributed by atoms with Crippen LogP contribution in [0.25, 0.3) is 0 Å². The lowest BCUT2D eigenvalue weighted by molar-refractivity contribution is 0.0561. The molecule has 5 unspecified atom stereocenters. The predicted octanol–water partition coefficient (Wildman–Crippen LogP) is 7.08. The zero-order valence-corrected chi connectivity index (χ0v) is 15.2. The number of unbranched alkanes of at least 4 members (excludes halogenated alkanes) is 2. The van der Waals surface area contributed by atoms with Gasteiger partial charge in [0.2, 0.25) is 0 Å². The van der Waals surface area contributed by atoms with Crippen molar-refractivity contribution in [3.63, 3.8) is 0 Å². The smallest absolute Gasteiger partial charge is 0.0352 e. The van der Waals surface area contributed by atoms with Crippen molar-refractivity contribution in [3.8, 4) is 0 Å². The molecule has 0 aromatic heterocycles. The van der Waals surface area contributed by atoms with Crippen molar-refractivity contribution >= 4 is 0 Å². The lowest BCUT2D eigenvalue weighted by Gasteiger charge is -2.44. The van der Waals surface area contributed by atoms with Crippen molar-refractivity contribution in [1.29, 1.82) is 0 Å².